The van der Waals surface area contributed by atoms with E-state index in [1.165, 1.54) is 23.7 Å². The van der Waals surface area contributed by atoms with Gasteiger partial charge in [-0.2, -0.15) is 0 Å². The average Bonchev–Trinajstić information content (AvgIpc) is 2.46. The van der Waals surface area contributed by atoms with Gasteiger partial charge < -0.3 is 0 Å². The summed E-state index contributed by atoms with van der Waals surface area (Å²) in [5, 5.41) is 0. The van der Waals surface area contributed by atoms with Crippen LogP contribution < -0.4 is 0 Å². The Bertz CT molecular complexity index is 174. The van der Waals surface area contributed by atoms with Gasteiger partial charge in [0.25, 0.3) is 0 Å². The first kappa shape index (κ1) is 3.05. The zero-order valence-electron chi connectivity index (χ0n) is 4.62. The predicted molar refractivity (Wildman–Crippen MR) is 30.1 cm³/mol. The molecule has 5 rings (SSSR count). The molecule has 4 fully saturated rings. The average molecular weight is 104 g/mol. The van der Waals surface area contributed by atoms with Crippen LogP contribution in [-0.2, 0) is 0 Å². The van der Waals surface area contributed by atoms with Gasteiger partial charge in [-0.1, -0.05) is 12.2 Å². The first-order valence-corrected chi connectivity index (χ1v) is 3.67. The summed E-state index contributed by atoms with van der Waals surface area (Å²) in [7, 11) is 0. The topological polar surface area (TPSA) is 0 Å². The van der Waals surface area contributed by atoms with Crippen molar-refractivity contribution in [2.24, 2.45) is 35.5 Å². The van der Waals surface area contributed by atoms with Crippen LogP contribution in [0.4, 0.5) is 0 Å². The Labute approximate surface area is 48.6 Å². The van der Waals surface area contributed by atoms with Crippen LogP contribution in [0, 0.1) is 35.5 Å². The zero-order chi connectivity index (χ0) is 4.88. The SMILES string of the molecule is C1=CC2C1C1C3C2C13. The highest BCUT2D eigenvalue weighted by Gasteiger charge is 2.84. The van der Waals surface area contributed by atoms with Crippen LogP contribution in [0.5, 0.6) is 0 Å². The molecule has 0 aromatic carbocycles. The first-order valence-electron chi connectivity index (χ1n) is 3.67. The van der Waals surface area contributed by atoms with Crippen LogP contribution in [0.1, 0.15) is 0 Å². The largest absolute Gasteiger partial charge is 0.0842 e. The van der Waals surface area contributed by atoms with Crippen molar-refractivity contribution in [1.82, 2.24) is 0 Å². The lowest BCUT2D eigenvalue weighted by atomic mass is 9.86. The Morgan fingerprint density at radius 2 is 1.12 bits per heavy atom. The molecule has 0 atom stereocenters. The van der Waals surface area contributed by atoms with Crippen LogP contribution >= 0.6 is 0 Å². The van der Waals surface area contributed by atoms with Crippen LogP contribution in [-0.4, -0.2) is 0 Å². The van der Waals surface area contributed by atoms with Crippen LogP contribution in [0.15, 0.2) is 12.2 Å². The van der Waals surface area contributed by atoms with Crippen molar-refractivity contribution < 1.29 is 0 Å². The Hall–Kier alpha value is -0.260. The zero-order valence-corrected chi connectivity index (χ0v) is 4.62. The molecule has 0 radical (unpaired) electrons. The minimum atomic E-state index is 1.09. The maximum absolute atomic E-state index is 2.44. The van der Waals surface area contributed by atoms with Gasteiger partial charge in [-0.05, 0) is 35.5 Å². The second kappa shape index (κ2) is 0.570. The molecule has 0 unspecified atom stereocenters. The molecule has 8 heavy (non-hydrogen) atoms. The van der Waals surface area contributed by atoms with Gasteiger partial charge in [0.2, 0.25) is 0 Å². The monoisotopic (exact) mass is 104 g/mol. The molecule has 0 spiro atoms. The lowest BCUT2D eigenvalue weighted by Crippen LogP contribution is -2.11. The molecule has 5 aliphatic rings. The molecule has 0 amide bonds. The molecule has 0 N–H and O–H groups in total. The van der Waals surface area contributed by atoms with Crippen molar-refractivity contribution in [2.75, 3.05) is 0 Å². The van der Waals surface area contributed by atoms with Crippen molar-refractivity contribution in [3.05, 3.63) is 12.2 Å². The van der Waals surface area contributed by atoms with E-state index >= 15 is 0 Å². The summed E-state index contributed by atoms with van der Waals surface area (Å²) < 4.78 is 0. The second-order valence-corrected chi connectivity index (χ2v) is 3.85. The Balaban J connectivity index is 2.03. The van der Waals surface area contributed by atoms with Crippen LogP contribution in [0.25, 0.3) is 0 Å². The van der Waals surface area contributed by atoms with Crippen LogP contribution in [0.3, 0.4) is 0 Å². The van der Waals surface area contributed by atoms with Gasteiger partial charge in [0, 0.05) is 0 Å². The Morgan fingerprint density at radius 3 is 1.38 bits per heavy atom. The minimum Gasteiger partial charge on any atom is -0.0842 e. The third-order valence-electron chi connectivity index (χ3n) is 3.83. The summed E-state index contributed by atoms with van der Waals surface area (Å²) in [6.45, 7) is 0. The van der Waals surface area contributed by atoms with Gasteiger partial charge in [0.1, 0.15) is 0 Å². The van der Waals surface area contributed by atoms with Crippen molar-refractivity contribution in [2.45, 2.75) is 0 Å². The van der Waals surface area contributed by atoms with Crippen molar-refractivity contribution in [1.29, 1.82) is 0 Å². The summed E-state index contributed by atoms with van der Waals surface area (Å²) in [6.07, 6.45) is 4.88. The third-order valence-corrected chi connectivity index (χ3v) is 3.83. The molecule has 2 bridgehead atoms. The minimum absolute atomic E-state index is 1.09. The Morgan fingerprint density at radius 1 is 0.625 bits per heavy atom. The molecule has 4 saturated carbocycles. The van der Waals surface area contributed by atoms with Gasteiger partial charge in [0.15, 0.2) is 0 Å². The quantitative estimate of drug-likeness (QED) is 0.406. The van der Waals surface area contributed by atoms with E-state index in [9.17, 15) is 0 Å². The molecule has 0 aromatic rings. The van der Waals surface area contributed by atoms with E-state index in [1.807, 2.05) is 0 Å². The van der Waals surface area contributed by atoms with E-state index in [2.05, 4.69) is 12.2 Å². The van der Waals surface area contributed by atoms with Gasteiger partial charge in [-0.15, -0.1) is 0 Å². The summed E-state index contributed by atoms with van der Waals surface area (Å²) in [4.78, 5) is 0. The Kier molecular flexibility index (Phi) is 0.217. The molecule has 0 aromatic heterocycles. The van der Waals surface area contributed by atoms with Crippen molar-refractivity contribution >= 4 is 0 Å². The van der Waals surface area contributed by atoms with E-state index in [0.717, 1.165) is 11.8 Å². The van der Waals surface area contributed by atoms with Crippen molar-refractivity contribution in [3.63, 3.8) is 0 Å². The molecule has 0 heterocycles. The van der Waals surface area contributed by atoms with E-state index in [0.29, 0.717) is 0 Å². The van der Waals surface area contributed by atoms with Gasteiger partial charge in [-0.3, -0.25) is 0 Å². The molecular formula is C8H8. The predicted octanol–water partition coefficient (Wildman–Crippen LogP) is 1.29. The molecule has 5 aliphatic carbocycles. The number of hydrogen-bond donors (Lipinski definition) is 0. The lowest BCUT2D eigenvalue weighted by molar-refractivity contribution is 0.489. The highest BCUT2D eigenvalue weighted by molar-refractivity contribution is 5.39. The van der Waals surface area contributed by atoms with E-state index in [1.54, 1.807) is 0 Å². The maximum atomic E-state index is 2.44. The summed E-state index contributed by atoms with van der Waals surface area (Å²) >= 11 is 0. The highest BCUT2D eigenvalue weighted by atomic mass is 14.9. The van der Waals surface area contributed by atoms with E-state index in [-0.39, 0.29) is 0 Å². The van der Waals surface area contributed by atoms with Gasteiger partial charge in [-0.25, -0.2) is 0 Å². The summed E-state index contributed by atoms with van der Waals surface area (Å²) in [5.74, 6) is 7.12. The first-order chi connectivity index (χ1) is 3.98. The molecule has 0 heteroatoms. The maximum Gasteiger partial charge on any atom is -0.0133 e. The molecular weight excluding hydrogens is 96.1 g/mol. The fourth-order valence-corrected chi connectivity index (χ4v) is 3.30. The normalized spacial score (nSPS) is 85.0. The van der Waals surface area contributed by atoms with E-state index in [4.69, 9.17) is 0 Å². The van der Waals surface area contributed by atoms with Crippen molar-refractivity contribution in [3.8, 4) is 0 Å². The van der Waals surface area contributed by atoms with Crippen LogP contribution in [0.2, 0.25) is 0 Å². The second-order valence-electron chi connectivity index (χ2n) is 3.85. The van der Waals surface area contributed by atoms with E-state index < -0.39 is 0 Å². The van der Waals surface area contributed by atoms with Gasteiger partial charge in [0.05, 0.1) is 0 Å². The highest BCUT2D eigenvalue weighted by Crippen LogP contribution is 2.87. The number of rotatable bonds is 0. The molecule has 40 valence electrons. The third kappa shape index (κ3) is 0.120. The standard InChI is InChI=1S/C8H8/c1-2-4-3(1)5-7-6(4)8(5)7/h1-8H. The molecule has 0 aliphatic heterocycles. The lowest BCUT2D eigenvalue weighted by Gasteiger charge is -2.19. The molecule has 0 saturated heterocycles. The summed E-state index contributed by atoms with van der Waals surface area (Å²) in [6, 6.07) is 0. The smallest absolute Gasteiger partial charge is 0.0133 e. The summed E-state index contributed by atoms with van der Waals surface area (Å²) in [5.41, 5.74) is 0. The molecule has 0 nitrogen and oxygen atoms in total. The fourth-order valence-electron chi connectivity index (χ4n) is 3.30. The number of hydrogen-bond acceptors (Lipinski definition) is 0. The van der Waals surface area contributed by atoms with Gasteiger partial charge >= 0.3 is 0 Å². The number of allylic oxidation sites excluding steroid dienone is 2. The fraction of sp³-hybridized carbons (Fsp3) is 0.750.